The van der Waals surface area contributed by atoms with Crippen molar-refractivity contribution >= 4 is 11.0 Å². The van der Waals surface area contributed by atoms with Gasteiger partial charge in [0.05, 0.1) is 19.8 Å². The van der Waals surface area contributed by atoms with E-state index in [0.29, 0.717) is 0 Å². The van der Waals surface area contributed by atoms with Crippen LogP contribution in [0.5, 0.6) is 28.7 Å². The van der Waals surface area contributed by atoms with Crippen molar-refractivity contribution in [1.29, 1.82) is 0 Å². The van der Waals surface area contributed by atoms with Crippen LogP contribution in [0.4, 0.5) is 0 Å². The minimum Gasteiger partial charge on any atom is -0.508 e. The topological polar surface area (TPSA) is 369 Å². The van der Waals surface area contributed by atoms with Crippen molar-refractivity contribution in [2.75, 3.05) is 19.8 Å². The summed E-state index contributed by atoms with van der Waals surface area (Å²) in [4.78, 5) is 14.0. The molecule has 0 spiro atoms. The van der Waals surface area contributed by atoms with Gasteiger partial charge in [-0.15, -0.1) is 0 Å². The second-order valence-corrected chi connectivity index (χ2v) is 13.0. The third-order valence-corrected chi connectivity index (χ3v) is 9.39. The summed E-state index contributed by atoms with van der Waals surface area (Å²) in [7, 11) is 0. The van der Waals surface area contributed by atoms with Crippen LogP contribution in [0.1, 0.15) is 0 Å². The van der Waals surface area contributed by atoms with Crippen molar-refractivity contribution in [2.24, 2.45) is 0 Å². The highest BCUT2D eigenvalue weighted by atomic mass is 16.7. The molecular weight excluding hydrogens is 748 g/mol. The van der Waals surface area contributed by atoms with E-state index < -0.39 is 163 Å². The van der Waals surface area contributed by atoms with Crippen LogP contribution in [0.25, 0.3) is 22.3 Å². The number of phenolic OH excluding ortho intramolecular Hbond substituents is 2. The van der Waals surface area contributed by atoms with Gasteiger partial charge in [0.15, 0.2) is 17.3 Å². The molecule has 3 fully saturated rings. The zero-order valence-electron chi connectivity index (χ0n) is 28.2. The van der Waals surface area contributed by atoms with Crippen molar-refractivity contribution in [3.05, 3.63) is 40.6 Å². The monoisotopic (exact) mass is 788 g/mol. The highest BCUT2D eigenvalue weighted by molar-refractivity contribution is 5.88. The van der Waals surface area contributed by atoms with Gasteiger partial charge in [0.25, 0.3) is 0 Å². The van der Waals surface area contributed by atoms with Gasteiger partial charge in [-0.25, -0.2) is 0 Å². The number of benzene rings is 2. The van der Waals surface area contributed by atoms with Gasteiger partial charge < -0.3 is 104 Å². The first kappa shape index (κ1) is 40.7. The van der Waals surface area contributed by atoms with Gasteiger partial charge in [-0.3, -0.25) is 4.79 Å². The molecule has 3 aliphatic rings. The Labute approximate surface area is 307 Å². The Hall–Kier alpha value is -3.95. The van der Waals surface area contributed by atoms with Crippen LogP contribution in [0.3, 0.4) is 0 Å². The summed E-state index contributed by atoms with van der Waals surface area (Å²) in [6.45, 7) is -2.53. The molecule has 22 nitrogen and oxygen atoms in total. The first-order chi connectivity index (χ1) is 26.1. The van der Waals surface area contributed by atoms with Crippen LogP contribution < -0.4 is 19.6 Å². The molecule has 22 heteroatoms. The van der Waals surface area contributed by atoms with Crippen LogP contribution in [-0.2, 0) is 14.2 Å². The Balaban J connectivity index is 1.48. The number of hydrogen-bond acceptors (Lipinski definition) is 22. The summed E-state index contributed by atoms with van der Waals surface area (Å²) in [5.41, 5.74) is -1.76. The lowest BCUT2D eigenvalue weighted by molar-refractivity contribution is -0.282. The predicted molar refractivity (Wildman–Crippen MR) is 174 cm³/mol. The number of fused-ring (bicyclic) bond motifs is 1. The van der Waals surface area contributed by atoms with Crippen LogP contribution in [0.2, 0.25) is 0 Å². The van der Waals surface area contributed by atoms with Gasteiger partial charge in [0, 0.05) is 17.7 Å². The lowest BCUT2D eigenvalue weighted by Crippen LogP contribution is -2.60. The Morgan fingerprint density at radius 2 is 1.00 bits per heavy atom. The molecule has 0 saturated carbocycles. The van der Waals surface area contributed by atoms with Crippen LogP contribution in [-0.4, -0.2) is 183 Å². The molecule has 304 valence electrons. The highest BCUT2D eigenvalue weighted by Crippen LogP contribution is 2.42. The Kier molecular flexibility index (Phi) is 12.0. The summed E-state index contributed by atoms with van der Waals surface area (Å²) in [6, 6.07) is 5.08. The largest absolute Gasteiger partial charge is 0.508 e. The molecule has 4 heterocycles. The van der Waals surface area contributed by atoms with Gasteiger partial charge in [-0.2, -0.15) is 0 Å². The molecule has 0 aliphatic carbocycles. The number of aliphatic hydroxyl groups is 12. The van der Waals surface area contributed by atoms with Crippen molar-refractivity contribution in [3.63, 3.8) is 0 Å². The third-order valence-electron chi connectivity index (χ3n) is 9.39. The SMILES string of the molecule is O=c1c(O[C@@H]2OC(CO)[C@@H](O)[C@H](O)C2O)c(-c2ccc(O[C@@H]3O[C@H](CO)[C@@H](O)C(O)C3O)c(O[C@@H]3OC(CO)[C@@H](O)[C@H](O)C3O)c2)oc2cc(O)cc(O)c12. The number of phenols is 2. The van der Waals surface area contributed by atoms with Crippen molar-refractivity contribution in [2.45, 2.75) is 92.1 Å². The molecular formula is C33H40O22. The predicted octanol–water partition coefficient (Wildman–Crippen LogP) is -5.59. The number of ether oxygens (including phenoxy) is 6. The van der Waals surface area contributed by atoms with E-state index in [1.807, 2.05) is 0 Å². The van der Waals surface area contributed by atoms with E-state index in [0.717, 1.165) is 24.3 Å². The minimum absolute atomic E-state index is 0.206. The Morgan fingerprint density at radius 1 is 0.545 bits per heavy atom. The minimum atomic E-state index is -2.03. The van der Waals surface area contributed by atoms with Crippen molar-refractivity contribution in [1.82, 2.24) is 0 Å². The molecule has 0 bridgehead atoms. The fourth-order valence-electron chi connectivity index (χ4n) is 6.26. The van der Waals surface area contributed by atoms with Crippen LogP contribution in [0.15, 0.2) is 39.5 Å². The molecule has 6 unspecified atom stereocenters. The number of aliphatic hydroxyl groups excluding tert-OH is 12. The van der Waals surface area contributed by atoms with Gasteiger partial charge >= 0.3 is 0 Å². The molecule has 15 atom stereocenters. The lowest BCUT2D eigenvalue weighted by Gasteiger charge is -2.41. The van der Waals surface area contributed by atoms with Crippen LogP contribution in [0, 0.1) is 0 Å². The average molecular weight is 789 g/mol. The van der Waals surface area contributed by atoms with E-state index >= 15 is 0 Å². The fraction of sp³-hybridized carbons (Fsp3) is 0.545. The summed E-state index contributed by atoms with van der Waals surface area (Å²) in [6.07, 6.45) is -27.1. The number of hydrogen-bond donors (Lipinski definition) is 14. The van der Waals surface area contributed by atoms with E-state index in [4.69, 9.17) is 32.8 Å². The molecule has 3 saturated heterocycles. The summed E-state index contributed by atoms with van der Waals surface area (Å²) in [5.74, 6) is -3.60. The van der Waals surface area contributed by atoms with E-state index in [2.05, 4.69) is 0 Å². The zero-order chi connectivity index (χ0) is 40.0. The molecule has 14 N–H and O–H groups in total. The highest BCUT2D eigenvalue weighted by Gasteiger charge is 2.48. The summed E-state index contributed by atoms with van der Waals surface area (Å²) >= 11 is 0. The van der Waals surface area contributed by atoms with Crippen molar-refractivity contribution < 1.29 is 104 Å². The third kappa shape index (κ3) is 7.63. The van der Waals surface area contributed by atoms with Gasteiger partial charge in [-0.1, -0.05) is 0 Å². The molecule has 2 aromatic carbocycles. The van der Waals surface area contributed by atoms with E-state index in [1.54, 1.807) is 0 Å². The number of aromatic hydroxyl groups is 2. The quantitative estimate of drug-likeness (QED) is 0.0910. The Bertz CT molecular complexity index is 1870. The van der Waals surface area contributed by atoms with Crippen LogP contribution >= 0.6 is 0 Å². The van der Waals surface area contributed by atoms with E-state index in [9.17, 15) is 76.3 Å². The average Bonchev–Trinajstić information content (AvgIpc) is 3.16. The zero-order valence-corrected chi connectivity index (χ0v) is 28.2. The maximum atomic E-state index is 14.0. The molecule has 6 rings (SSSR count). The van der Waals surface area contributed by atoms with Gasteiger partial charge in [0.2, 0.25) is 30.0 Å². The summed E-state index contributed by atoms with van der Waals surface area (Å²) in [5, 5.41) is 143. The van der Waals surface area contributed by atoms with E-state index in [-0.39, 0.29) is 5.56 Å². The molecule has 3 aromatic rings. The second-order valence-electron chi connectivity index (χ2n) is 13.0. The maximum Gasteiger partial charge on any atom is 0.239 e. The number of rotatable bonds is 10. The standard InChI is InChI=1S/C33H40O22/c34-6-15-19(39)23(43)26(46)31(52-15)50-12-2-1-9(3-13(12)51-32-27(47)24(44)20(40)16(7-35)53-32)29-30(22(42)18-11(38)4-10(37)5-14(18)49-29)55-33-28(48)25(45)21(41)17(8-36)54-33/h1-5,15-17,19-21,23-28,31-41,43-48H,6-8H2/t15-,16?,17?,19-,20-,21-,23?,24+,25+,26?,27?,28?,31-,32-,33+/m1/s1. The van der Waals surface area contributed by atoms with E-state index in [1.165, 1.54) is 6.07 Å². The molecule has 55 heavy (non-hydrogen) atoms. The normalized spacial score (nSPS) is 36.8. The lowest BCUT2D eigenvalue weighted by atomic mass is 9.99. The first-order valence-corrected chi connectivity index (χ1v) is 16.7. The summed E-state index contributed by atoms with van der Waals surface area (Å²) < 4.78 is 39.5. The second kappa shape index (κ2) is 16.3. The van der Waals surface area contributed by atoms with Gasteiger partial charge in [0.1, 0.15) is 95.7 Å². The Morgan fingerprint density at radius 3 is 1.47 bits per heavy atom. The van der Waals surface area contributed by atoms with Gasteiger partial charge in [-0.05, 0) is 18.2 Å². The first-order valence-electron chi connectivity index (χ1n) is 16.7. The molecule has 0 amide bonds. The smallest absolute Gasteiger partial charge is 0.239 e. The molecule has 1 aromatic heterocycles. The molecule has 0 radical (unpaired) electrons. The fourth-order valence-corrected chi connectivity index (χ4v) is 6.26. The van der Waals surface area contributed by atoms with Crippen molar-refractivity contribution in [3.8, 4) is 40.1 Å². The maximum absolute atomic E-state index is 14.0. The molecule has 3 aliphatic heterocycles.